The average molecular weight is 508 g/mol. The third-order valence-corrected chi connectivity index (χ3v) is 7.42. The Morgan fingerprint density at radius 3 is 2.68 bits per heavy atom. The fraction of sp³-hybridized carbons (Fsp3) is 0.300. The first-order valence-electron chi connectivity index (χ1n) is 13.4. The molecule has 38 heavy (non-hydrogen) atoms. The van der Waals surface area contributed by atoms with Crippen LogP contribution < -0.4 is 10.2 Å². The van der Waals surface area contributed by atoms with Gasteiger partial charge in [0.1, 0.15) is 5.69 Å². The number of hydrogen-bond acceptors (Lipinski definition) is 5. The molecule has 1 fully saturated rings. The number of aromatic nitrogens is 4. The van der Waals surface area contributed by atoms with Crippen LogP contribution in [0.3, 0.4) is 0 Å². The molecule has 0 spiro atoms. The van der Waals surface area contributed by atoms with Crippen molar-refractivity contribution in [3.63, 3.8) is 0 Å². The lowest BCUT2D eigenvalue weighted by molar-refractivity contribution is -0.116. The highest BCUT2D eigenvalue weighted by Crippen LogP contribution is 2.35. The Bertz CT molecular complexity index is 1590. The minimum Gasteiger partial charge on any atom is -0.368 e. The van der Waals surface area contributed by atoms with Gasteiger partial charge in [0.05, 0.1) is 23.1 Å². The van der Waals surface area contributed by atoms with Crippen LogP contribution in [0.25, 0.3) is 44.3 Å². The van der Waals surface area contributed by atoms with Crippen molar-refractivity contribution in [2.75, 3.05) is 43.4 Å². The second-order valence-electron chi connectivity index (χ2n) is 10.2. The number of carbonyl (C=O) groups excluding carboxylic acids is 1. The molecule has 1 amide bonds. The molecule has 0 unspecified atom stereocenters. The number of fused-ring (bicyclic) bond motifs is 2. The van der Waals surface area contributed by atoms with Gasteiger partial charge in [0.25, 0.3) is 0 Å². The molecule has 0 radical (unpaired) electrons. The first kappa shape index (κ1) is 24.2. The number of rotatable bonds is 7. The standard InChI is InChI=1S/C30H33N7O/c1-3-4-8-29(38)32-22-15-21(18-31-19-22)20-9-10-26-24(16-20)30(35-34-26)27-17-23-25(33-27)6-5-7-28(23)37-13-11-36(2)12-14-37/h5-7,9-10,15-19,33H,3-4,8,11-14H2,1-2H3,(H,32,38)(H,34,35). The number of anilines is 2. The summed E-state index contributed by atoms with van der Waals surface area (Å²) in [6.45, 7) is 6.27. The number of nitrogens with one attached hydrogen (secondary N) is 3. The number of amides is 1. The number of carbonyl (C=O) groups is 1. The zero-order chi connectivity index (χ0) is 26.1. The topological polar surface area (TPSA) is 92.9 Å². The molecule has 6 rings (SSSR count). The van der Waals surface area contributed by atoms with Gasteiger partial charge in [0.2, 0.25) is 5.91 Å². The largest absolute Gasteiger partial charge is 0.368 e. The van der Waals surface area contributed by atoms with Crippen molar-refractivity contribution in [1.82, 2.24) is 25.1 Å². The predicted molar refractivity (Wildman–Crippen MR) is 154 cm³/mol. The van der Waals surface area contributed by atoms with Crippen LogP contribution in [0.15, 0.2) is 60.9 Å². The predicted octanol–water partition coefficient (Wildman–Crippen LogP) is 5.65. The Morgan fingerprint density at radius 1 is 0.974 bits per heavy atom. The fourth-order valence-electron chi connectivity index (χ4n) is 5.22. The zero-order valence-corrected chi connectivity index (χ0v) is 21.9. The number of unbranched alkanes of at least 4 members (excludes halogenated alkanes) is 1. The van der Waals surface area contributed by atoms with Crippen molar-refractivity contribution >= 4 is 39.1 Å². The van der Waals surface area contributed by atoms with E-state index in [2.05, 4.69) is 85.7 Å². The molecule has 194 valence electrons. The second-order valence-corrected chi connectivity index (χ2v) is 10.2. The van der Waals surface area contributed by atoms with Crippen molar-refractivity contribution in [1.29, 1.82) is 0 Å². The summed E-state index contributed by atoms with van der Waals surface area (Å²) < 4.78 is 0. The summed E-state index contributed by atoms with van der Waals surface area (Å²) in [6, 6.07) is 16.9. The SMILES string of the molecule is CCCCC(=O)Nc1cncc(-c2ccc3[nH]nc(-c4cc5c(N6CCN(C)CC6)cccc5[nH]4)c3c2)c1. The van der Waals surface area contributed by atoms with Gasteiger partial charge in [-0.1, -0.05) is 25.5 Å². The van der Waals surface area contributed by atoms with Crippen LogP contribution in [-0.4, -0.2) is 64.2 Å². The van der Waals surface area contributed by atoms with E-state index in [0.29, 0.717) is 12.1 Å². The number of nitrogens with zero attached hydrogens (tertiary/aromatic N) is 4. The van der Waals surface area contributed by atoms with Crippen LogP contribution in [0.5, 0.6) is 0 Å². The van der Waals surface area contributed by atoms with Crippen LogP contribution in [0.2, 0.25) is 0 Å². The van der Waals surface area contributed by atoms with Gasteiger partial charge in [-0.15, -0.1) is 0 Å². The highest BCUT2D eigenvalue weighted by molar-refractivity contribution is 6.01. The molecule has 2 aromatic carbocycles. The highest BCUT2D eigenvalue weighted by Gasteiger charge is 2.19. The van der Waals surface area contributed by atoms with E-state index >= 15 is 0 Å². The average Bonchev–Trinajstić information content (AvgIpc) is 3.56. The van der Waals surface area contributed by atoms with Crippen LogP contribution in [-0.2, 0) is 4.79 Å². The van der Waals surface area contributed by atoms with Crippen molar-refractivity contribution in [2.24, 2.45) is 0 Å². The van der Waals surface area contributed by atoms with Gasteiger partial charge in [-0.3, -0.25) is 14.9 Å². The molecule has 0 atom stereocenters. The van der Waals surface area contributed by atoms with Crippen molar-refractivity contribution in [2.45, 2.75) is 26.2 Å². The lowest BCUT2D eigenvalue weighted by Crippen LogP contribution is -2.44. The van der Waals surface area contributed by atoms with Crippen molar-refractivity contribution in [3.05, 3.63) is 60.9 Å². The molecule has 8 nitrogen and oxygen atoms in total. The molecule has 3 aromatic heterocycles. The number of piperazine rings is 1. The summed E-state index contributed by atoms with van der Waals surface area (Å²) in [5.41, 5.74) is 7.90. The molecule has 0 bridgehead atoms. The number of likely N-dealkylation sites (N-methyl/N-ethyl adjacent to an activating group) is 1. The summed E-state index contributed by atoms with van der Waals surface area (Å²) in [7, 11) is 2.18. The molecule has 1 aliphatic rings. The van der Waals surface area contributed by atoms with Gasteiger partial charge >= 0.3 is 0 Å². The Morgan fingerprint density at radius 2 is 1.84 bits per heavy atom. The molecular formula is C30H33N7O. The van der Waals surface area contributed by atoms with Crippen LogP contribution >= 0.6 is 0 Å². The van der Waals surface area contributed by atoms with E-state index in [1.54, 1.807) is 6.20 Å². The Balaban J connectivity index is 1.33. The molecule has 1 aliphatic heterocycles. The minimum absolute atomic E-state index is 0.0214. The highest BCUT2D eigenvalue weighted by atomic mass is 16.1. The van der Waals surface area contributed by atoms with E-state index in [1.165, 1.54) is 11.1 Å². The number of pyridine rings is 1. The summed E-state index contributed by atoms with van der Waals surface area (Å²) in [5.74, 6) is 0.0214. The van der Waals surface area contributed by atoms with E-state index in [9.17, 15) is 4.79 Å². The second kappa shape index (κ2) is 10.3. The monoisotopic (exact) mass is 507 g/mol. The van der Waals surface area contributed by atoms with E-state index < -0.39 is 0 Å². The van der Waals surface area contributed by atoms with Gasteiger partial charge in [-0.05, 0) is 55.4 Å². The minimum atomic E-state index is 0.0214. The van der Waals surface area contributed by atoms with Crippen LogP contribution in [0, 0.1) is 0 Å². The maximum atomic E-state index is 12.2. The molecule has 4 heterocycles. The lowest BCUT2D eigenvalue weighted by atomic mass is 10.0. The van der Waals surface area contributed by atoms with E-state index in [-0.39, 0.29) is 5.91 Å². The summed E-state index contributed by atoms with van der Waals surface area (Å²) >= 11 is 0. The van der Waals surface area contributed by atoms with Crippen LogP contribution in [0.4, 0.5) is 11.4 Å². The molecule has 3 N–H and O–H groups in total. The number of aromatic amines is 2. The van der Waals surface area contributed by atoms with Gasteiger partial charge < -0.3 is 20.1 Å². The van der Waals surface area contributed by atoms with Gasteiger partial charge in [-0.25, -0.2) is 0 Å². The Kier molecular flexibility index (Phi) is 6.55. The molecule has 0 saturated carbocycles. The van der Waals surface area contributed by atoms with Gasteiger partial charge in [0, 0.05) is 66.3 Å². The Hall–Kier alpha value is -4.17. The summed E-state index contributed by atoms with van der Waals surface area (Å²) in [4.78, 5) is 25.0. The normalized spacial score (nSPS) is 14.4. The molecular weight excluding hydrogens is 474 g/mol. The van der Waals surface area contributed by atoms with E-state index in [1.807, 2.05) is 18.3 Å². The van der Waals surface area contributed by atoms with E-state index in [0.717, 1.165) is 78.0 Å². The van der Waals surface area contributed by atoms with Crippen molar-refractivity contribution < 1.29 is 4.79 Å². The fourth-order valence-corrected chi connectivity index (χ4v) is 5.22. The summed E-state index contributed by atoms with van der Waals surface area (Å²) in [6.07, 6.45) is 5.91. The third-order valence-electron chi connectivity index (χ3n) is 7.42. The Labute approximate surface area is 222 Å². The number of H-pyrrole nitrogens is 2. The zero-order valence-electron chi connectivity index (χ0n) is 21.9. The smallest absolute Gasteiger partial charge is 0.224 e. The lowest BCUT2D eigenvalue weighted by Gasteiger charge is -2.34. The maximum Gasteiger partial charge on any atom is 0.224 e. The van der Waals surface area contributed by atoms with Crippen molar-refractivity contribution in [3.8, 4) is 22.5 Å². The molecule has 5 aromatic rings. The first-order valence-corrected chi connectivity index (χ1v) is 13.4. The van der Waals surface area contributed by atoms with Gasteiger partial charge in [0.15, 0.2) is 0 Å². The summed E-state index contributed by atoms with van der Waals surface area (Å²) in [5, 5.41) is 13.1. The quantitative estimate of drug-likeness (QED) is 0.265. The molecule has 1 saturated heterocycles. The number of hydrogen-bond donors (Lipinski definition) is 3. The van der Waals surface area contributed by atoms with E-state index in [4.69, 9.17) is 0 Å². The molecule has 8 heteroatoms. The van der Waals surface area contributed by atoms with Crippen LogP contribution in [0.1, 0.15) is 26.2 Å². The first-order chi connectivity index (χ1) is 18.6. The third kappa shape index (κ3) is 4.75. The van der Waals surface area contributed by atoms with Gasteiger partial charge in [-0.2, -0.15) is 5.10 Å². The maximum absolute atomic E-state index is 12.2. The molecule has 0 aliphatic carbocycles. The number of benzene rings is 2.